The van der Waals surface area contributed by atoms with Crippen molar-refractivity contribution in [1.82, 2.24) is 30.0 Å². The van der Waals surface area contributed by atoms with E-state index in [-0.39, 0.29) is 5.95 Å². The summed E-state index contributed by atoms with van der Waals surface area (Å²) >= 11 is 6.15. The Balaban J connectivity index is 2.19. The molecule has 2 aromatic heterocycles. The number of benzene rings is 1. The van der Waals surface area contributed by atoms with Crippen molar-refractivity contribution in [3.05, 3.63) is 50.9 Å². The molecule has 0 aliphatic heterocycles. The Morgan fingerprint density at radius 2 is 1.86 bits per heavy atom. The molecule has 13 heteroatoms. The number of rotatable bonds is 3. The maximum atomic E-state index is 13.4. The summed E-state index contributed by atoms with van der Waals surface area (Å²) in [6, 6.07) is 4.42. The van der Waals surface area contributed by atoms with Gasteiger partial charge in [-0.1, -0.05) is 34.9 Å². The molecule has 0 spiro atoms. The molecule has 1 N–H and O–H groups in total. The van der Waals surface area contributed by atoms with Gasteiger partial charge in [0.25, 0.3) is 11.5 Å². The lowest BCUT2D eigenvalue weighted by Gasteiger charge is -2.15. The lowest BCUT2D eigenvalue weighted by Crippen LogP contribution is -2.28. The minimum absolute atomic E-state index is 0.0473. The Bertz CT molecular complexity index is 1120. The first-order chi connectivity index (χ1) is 13.1. The van der Waals surface area contributed by atoms with Crippen LogP contribution in [0.2, 0.25) is 5.02 Å². The van der Waals surface area contributed by atoms with Crippen LogP contribution in [0.3, 0.4) is 0 Å². The van der Waals surface area contributed by atoms with E-state index < -0.39 is 45.0 Å². The molecule has 1 amide bonds. The third-order valence-corrected chi connectivity index (χ3v) is 4.12. The van der Waals surface area contributed by atoms with E-state index in [1.165, 1.54) is 26.2 Å². The van der Waals surface area contributed by atoms with Gasteiger partial charge in [0.1, 0.15) is 0 Å². The number of aryl methyl sites for hydroxylation is 2. The number of nitrogens with zero attached hydrogens (tertiary/aromatic N) is 6. The highest BCUT2D eigenvalue weighted by Gasteiger charge is 2.35. The predicted molar refractivity (Wildman–Crippen MR) is 91.7 cm³/mol. The van der Waals surface area contributed by atoms with Gasteiger partial charge in [-0.2, -0.15) is 18.3 Å². The Labute approximate surface area is 159 Å². The van der Waals surface area contributed by atoms with Crippen molar-refractivity contribution >= 4 is 23.5 Å². The first kappa shape index (κ1) is 19.5. The first-order valence-electron chi connectivity index (χ1n) is 7.58. The lowest BCUT2D eigenvalue weighted by molar-refractivity contribution is -0.137. The van der Waals surface area contributed by atoms with Crippen LogP contribution >= 0.6 is 11.6 Å². The second-order valence-corrected chi connectivity index (χ2v) is 5.97. The van der Waals surface area contributed by atoms with Crippen LogP contribution in [0.15, 0.2) is 29.1 Å². The third kappa shape index (κ3) is 3.45. The Kier molecular flexibility index (Phi) is 4.89. The van der Waals surface area contributed by atoms with E-state index in [0.717, 1.165) is 21.5 Å². The SMILES string of the molecule is Cn1nnnc1NC(=O)c1nn(C)c(=O)c(-c2ccccc2C(F)(F)F)c1Cl. The van der Waals surface area contributed by atoms with E-state index >= 15 is 0 Å². The standard InChI is InChI=1S/C15H11ClF3N7O2/c1-25-13(28)9(7-5-3-4-6-8(7)15(17,18)19)10(16)11(22-25)12(27)20-14-21-23-24-26(14)2/h3-6H,1-2H3,(H,20,21,24,27). The fraction of sp³-hybridized carbons (Fsp3) is 0.200. The summed E-state index contributed by atoms with van der Waals surface area (Å²) in [5.41, 5.74) is -3.37. The van der Waals surface area contributed by atoms with Crippen molar-refractivity contribution in [2.24, 2.45) is 14.1 Å². The summed E-state index contributed by atoms with van der Waals surface area (Å²) < 4.78 is 42.0. The zero-order valence-electron chi connectivity index (χ0n) is 14.3. The first-order valence-corrected chi connectivity index (χ1v) is 7.96. The van der Waals surface area contributed by atoms with Crippen LogP contribution in [0, 0.1) is 0 Å². The van der Waals surface area contributed by atoms with E-state index in [9.17, 15) is 22.8 Å². The number of hydrogen-bond donors (Lipinski definition) is 1. The number of halogens is 4. The number of amides is 1. The quantitative estimate of drug-likeness (QED) is 0.702. The second-order valence-electron chi connectivity index (χ2n) is 5.59. The van der Waals surface area contributed by atoms with Crippen LogP contribution in [0.25, 0.3) is 11.1 Å². The van der Waals surface area contributed by atoms with Crippen LogP contribution in [0.4, 0.5) is 19.1 Å². The van der Waals surface area contributed by atoms with Crippen LogP contribution in [-0.2, 0) is 20.3 Å². The molecule has 3 aromatic rings. The fourth-order valence-electron chi connectivity index (χ4n) is 2.44. The smallest absolute Gasteiger partial charge is 0.288 e. The van der Waals surface area contributed by atoms with E-state index in [1.54, 1.807) is 0 Å². The van der Waals surface area contributed by atoms with Crippen LogP contribution in [-0.4, -0.2) is 35.9 Å². The highest BCUT2D eigenvalue weighted by Crippen LogP contribution is 2.38. The molecule has 146 valence electrons. The molecule has 0 saturated carbocycles. The van der Waals surface area contributed by atoms with Gasteiger partial charge in [0.2, 0.25) is 5.95 Å². The van der Waals surface area contributed by atoms with Gasteiger partial charge in [-0.25, -0.2) is 9.36 Å². The Hall–Kier alpha value is -3.28. The van der Waals surface area contributed by atoms with Gasteiger partial charge in [-0.05, 0) is 16.5 Å². The molecule has 9 nitrogen and oxygen atoms in total. The van der Waals surface area contributed by atoms with Crippen LogP contribution in [0.5, 0.6) is 0 Å². The van der Waals surface area contributed by atoms with Crippen molar-refractivity contribution in [1.29, 1.82) is 0 Å². The highest BCUT2D eigenvalue weighted by molar-refractivity contribution is 6.36. The molecular formula is C15H11ClF3N7O2. The predicted octanol–water partition coefficient (Wildman–Crippen LogP) is 1.90. The summed E-state index contributed by atoms with van der Waals surface area (Å²) in [6.07, 6.45) is -4.74. The second kappa shape index (κ2) is 7.03. The lowest BCUT2D eigenvalue weighted by atomic mass is 10.00. The number of anilines is 1. The van der Waals surface area contributed by atoms with E-state index in [2.05, 4.69) is 25.9 Å². The Morgan fingerprint density at radius 3 is 2.46 bits per heavy atom. The third-order valence-electron chi connectivity index (χ3n) is 3.75. The van der Waals surface area contributed by atoms with Gasteiger partial charge in [-0.3, -0.25) is 14.9 Å². The largest absolute Gasteiger partial charge is 0.417 e. The summed E-state index contributed by atoms with van der Waals surface area (Å²) in [4.78, 5) is 25.0. The molecule has 0 aliphatic rings. The fourth-order valence-corrected chi connectivity index (χ4v) is 2.74. The molecule has 0 fully saturated rings. The van der Waals surface area contributed by atoms with E-state index in [0.29, 0.717) is 0 Å². The zero-order chi connectivity index (χ0) is 20.6. The van der Waals surface area contributed by atoms with Gasteiger partial charge in [0.05, 0.1) is 16.1 Å². The monoisotopic (exact) mass is 413 g/mol. The van der Waals surface area contributed by atoms with E-state index in [4.69, 9.17) is 11.6 Å². The minimum Gasteiger partial charge on any atom is -0.288 e. The van der Waals surface area contributed by atoms with Gasteiger partial charge < -0.3 is 0 Å². The molecule has 0 atom stereocenters. The number of carbonyl (C=O) groups is 1. The van der Waals surface area contributed by atoms with Crippen LogP contribution < -0.4 is 10.9 Å². The van der Waals surface area contributed by atoms with E-state index in [1.807, 2.05) is 0 Å². The summed E-state index contributed by atoms with van der Waals surface area (Å²) in [7, 11) is 2.65. The van der Waals surface area contributed by atoms with Crippen molar-refractivity contribution in [3.8, 4) is 11.1 Å². The molecule has 0 saturated heterocycles. The van der Waals surface area contributed by atoms with Gasteiger partial charge in [0.15, 0.2) is 5.69 Å². The number of alkyl halides is 3. The maximum absolute atomic E-state index is 13.4. The van der Waals surface area contributed by atoms with Gasteiger partial charge in [-0.15, -0.1) is 0 Å². The molecule has 3 rings (SSSR count). The van der Waals surface area contributed by atoms with Crippen molar-refractivity contribution < 1.29 is 18.0 Å². The summed E-state index contributed by atoms with van der Waals surface area (Å²) in [5, 5.41) is 16.0. The average Bonchev–Trinajstić information content (AvgIpc) is 3.02. The van der Waals surface area contributed by atoms with Crippen LogP contribution in [0.1, 0.15) is 16.1 Å². The highest BCUT2D eigenvalue weighted by atomic mass is 35.5. The molecule has 1 aromatic carbocycles. The normalized spacial score (nSPS) is 11.5. The average molecular weight is 414 g/mol. The number of nitrogens with one attached hydrogen (secondary N) is 1. The van der Waals surface area contributed by atoms with Crippen molar-refractivity contribution in [2.45, 2.75) is 6.18 Å². The minimum atomic E-state index is -4.74. The number of aromatic nitrogens is 6. The number of tetrazole rings is 1. The zero-order valence-corrected chi connectivity index (χ0v) is 15.1. The molecule has 0 radical (unpaired) electrons. The molecule has 0 bridgehead atoms. The van der Waals surface area contributed by atoms with Gasteiger partial charge in [0, 0.05) is 19.7 Å². The number of hydrogen-bond acceptors (Lipinski definition) is 6. The van der Waals surface area contributed by atoms with Crippen molar-refractivity contribution in [3.63, 3.8) is 0 Å². The summed E-state index contributed by atoms with van der Waals surface area (Å²) in [6.45, 7) is 0. The van der Waals surface area contributed by atoms with Crippen molar-refractivity contribution in [2.75, 3.05) is 5.32 Å². The van der Waals surface area contributed by atoms with Gasteiger partial charge >= 0.3 is 6.18 Å². The topological polar surface area (TPSA) is 108 Å². The molecule has 0 aliphatic carbocycles. The molecule has 28 heavy (non-hydrogen) atoms. The number of carbonyl (C=O) groups excluding carboxylic acids is 1. The molecule has 0 unspecified atom stereocenters. The Morgan fingerprint density at radius 1 is 1.18 bits per heavy atom. The molecule has 2 heterocycles. The maximum Gasteiger partial charge on any atom is 0.417 e. The summed E-state index contributed by atoms with van der Waals surface area (Å²) in [5.74, 6) is -0.946. The molecular weight excluding hydrogens is 403 g/mol.